The van der Waals surface area contributed by atoms with Gasteiger partial charge in [-0.2, -0.15) is 0 Å². The van der Waals surface area contributed by atoms with Gasteiger partial charge in [-0.1, -0.05) is 0 Å². The van der Waals surface area contributed by atoms with Crippen LogP contribution in [0.2, 0.25) is 0 Å². The Morgan fingerprint density at radius 3 is 1.78 bits per heavy atom. The fourth-order valence-corrected chi connectivity index (χ4v) is 6.03. The molecule has 6 heteroatoms. The minimum absolute atomic E-state index is 0.302. The Kier molecular flexibility index (Phi) is 6.76. The molecule has 0 bridgehead atoms. The number of ether oxygens (including phenoxy) is 2. The summed E-state index contributed by atoms with van der Waals surface area (Å²) in [5.41, 5.74) is 0.885. The molecule has 96 valence electrons. The van der Waals surface area contributed by atoms with Gasteiger partial charge < -0.3 is 0 Å². The number of allylic oxidation sites excluding steroid dienone is 3. The Balaban J connectivity index is 2.86. The van der Waals surface area contributed by atoms with E-state index in [0.717, 1.165) is 5.57 Å². The molecule has 0 fully saturated rings. The van der Waals surface area contributed by atoms with E-state index in [4.69, 9.17) is 0 Å². The van der Waals surface area contributed by atoms with Crippen LogP contribution in [0, 0.1) is 0 Å². The normalized spacial score (nSPS) is 14.4. The van der Waals surface area contributed by atoms with Gasteiger partial charge in [0.25, 0.3) is 0 Å². The molecule has 0 saturated carbocycles. The van der Waals surface area contributed by atoms with Crippen LogP contribution in [0.15, 0.2) is 43.2 Å². The van der Waals surface area contributed by atoms with E-state index < -0.39 is 11.9 Å². The topological polar surface area (TPSA) is 52.6 Å². The molecule has 0 aromatic rings. The molecule has 0 saturated heterocycles. The summed E-state index contributed by atoms with van der Waals surface area (Å²) < 4.78 is 10.4. The van der Waals surface area contributed by atoms with Gasteiger partial charge in [-0.3, -0.25) is 0 Å². The molecule has 4 nitrogen and oxygen atoms in total. The third-order valence-electron chi connectivity index (χ3n) is 1.84. The summed E-state index contributed by atoms with van der Waals surface area (Å²) in [4.78, 5) is 26.4. The first-order valence-electron chi connectivity index (χ1n) is 4.92. The van der Waals surface area contributed by atoms with Crippen LogP contribution >= 0.6 is 0 Å². The number of carbonyl (C=O) groups excluding carboxylic acids is 2. The second kappa shape index (κ2) is 8.11. The van der Waals surface area contributed by atoms with Gasteiger partial charge in [0.05, 0.1) is 0 Å². The second-order valence-corrected chi connectivity index (χ2v) is 8.12. The molecule has 0 aliphatic carbocycles. The van der Waals surface area contributed by atoms with Crippen LogP contribution in [0.1, 0.15) is 0 Å². The Morgan fingerprint density at radius 1 is 0.944 bits per heavy atom. The molecular weight excluding hydrogens is 366 g/mol. The van der Waals surface area contributed by atoms with Crippen LogP contribution in [0.5, 0.6) is 0 Å². The summed E-state index contributed by atoms with van der Waals surface area (Å²) in [6, 6.07) is 0. The summed E-state index contributed by atoms with van der Waals surface area (Å²) in [5.74, 6) is -0.823. The van der Waals surface area contributed by atoms with Crippen LogP contribution in [-0.4, -0.2) is 56.1 Å². The Hall–Kier alpha value is -1.06. The molecule has 1 aliphatic rings. The van der Waals surface area contributed by atoms with E-state index in [-0.39, 0.29) is 0 Å². The first-order chi connectivity index (χ1) is 8.67. The van der Waals surface area contributed by atoms with Crippen LogP contribution in [-0.2, 0) is 19.1 Å². The molecular formula is C12H12O4Se2. The van der Waals surface area contributed by atoms with E-state index in [2.05, 4.69) is 19.4 Å². The maximum absolute atomic E-state index is 11.1. The molecule has 0 spiro atoms. The average molecular weight is 378 g/mol. The third-order valence-corrected chi connectivity index (χ3v) is 7.84. The minimum atomic E-state index is -0.412. The van der Waals surface area contributed by atoms with E-state index in [1.807, 2.05) is 0 Å². The summed E-state index contributed by atoms with van der Waals surface area (Å²) >= 11 is 0.604. The van der Waals surface area contributed by atoms with E-state index in [9.17, 15) is 9.59 Å². The number of carbonyl (C=O) groups is 2. The zero-order chi connectivity index (χ0) is 13.4. The fourth-order valence-electron chi connectivity index (χ4n) is 0.986. The van der Waals surface area contributed by atoms with Gasteiger partial charge >= 0.3 is 118 Å². The molecule has 0 unspecified atom stereocenters. The van der Waals surface area contributed by atoms with Gasteiger partial charge in [-0.05, 0) is 0 Å². The first kappa shape index (κ1) is 15.0. The monoisotopic (exact) mass is 380 g/mol. The van der Waals surface area contributed by atoms with Crippen LogP contribution in [0.4, 0.5) is 0 Å². The van der Waals surface area contributed by atoms with E-state index in [0.29, 0.717) is 29.9 Å². The molecule has 0 aromatic heterocycles. The van der Waals surface area contributed by atoms with Crippen LogP contribution in [0.3, 0.4) is 0 Å². The molecule has 1 rings (SSSR count). The zero-order valence-corrected chi connectivity index (χ0v) is 13.3. The zero-order valence-electron chi connectivity index (χ0n) is 9.91. The standard InChI is InChI=1S/C12H12O4Se2/c1-15-10(13)5-3-9(4-6-11(14)16-2)12-17-7-8-18-12/h3-8H,1-2H3/b5-3+,6-4+. The Labute approximate surface area is 118 Å². The molecule has 1 aliphatic heterocycles. The van der Waals surface area contributed by atoms with Gasteiger partial charge in [0.2, 0.25) is 0 Å². The molecule has 18 heavy (non-hydrogen) atoms. The van der Waals surface area contributed by atoms with Gasteiger partial charge in [-0.15, -0.1) is 0 Å². The van der Waals surface area contributed by atoms with Crippen molar-refractivity contribution in [1.29, 1.82) is 0 Å². The number of hydrogen-bond donors (Lipinski definition) is 0. The second-order valence-electron chi connectivity index (χ2n) is 2.96. The van der Waals surface area contributed by atoms with E-state index >= 15 is 0 Å². The molecule has 0 amide bonds. The molecule has 0 N–H and O–H groups in total. The fraction of sp³-hybridized carbons (Fsp3) is 0.167. The van der Waals surface area contributed by atoms with Crippen molar-refractivity contribution >= 4 is 41.9 Å². The SMILES string of the molecule is COC(=O)/C=C/C(/C=C/C(=O)OC)=C1[Se]C=C[Se]1. The number of esters is 2. The van der Waals surface area contributed by atoms with Crippen molar-refractivity contribution < 1.29 is 19.1 Å². The molecule has 0 aromatic carbocycles. The average Bonchev–Trinajstić information content (AvgIpc) is 2.91. The molecule has 0 atom stereocenters. The van der Waals surface area contributed by atoms with Crippen molar-refractivity contribution in [3.8, 4) is 0 Å². The van der Waals surface area contributed by atoms with Crippen molar-refractivity contribution in [2.45, 2.75) is 0 Å². The van der Waals surface area contributed by atoms with Gasteiger partial charge in [0.1, 0.15) is 0 Å². The number of rotatable bonds is 4. The van der Waals surface area contributed by atoms with Gasteiger partial charge in [0, 0.05) is 0 Å². The van der Waals surface area contributed by atoms with Crippen molar-refractivity contribution in [2.75, 3.05) is 14.2 Å². The van der Waals surface area contributed by atoms with E-state index in [1.165, 1.54) is 29.7 Å². The van der Waals surface area contributed by atoms with Crippen molar-refractivity contribution in [2.24, 2.45) is 0 Å². The van der Waals surface area contributed by atoms with Crippen LogP contribution < -0.4 is 0 Å². The Bertz CT molecular complexity index is 409. The maximum atomic E-state index is 11.1. The van der Waals surface area contributed by atoms with Crippen molar-refractivity contribution in [3.05, 3.63) is 43.2 Å². The van der Waals surface area contributed by atoms with Crippen molar-refractivity contribution in [3.63, 3.8) is 0 Å². The molecule has 1 heterocycles. The number of hydrogen-bond acceptors (Lipinski definition) is 4. The molecule has 0 radical (unpaired) electrons. The first-order valence-corrected chi connectivity index (χ1v) is 8.61. The summed E-state index contributed by atoms with van der Waals surface area (Å²) in [7, 11) is 2.66. The van der Waals surface area contributed by atoms with E-state index in [1.54, 1.807) is 12.2 Å². The number of methoxy groups -OCH3 is 2. The predicted molar refractivity (Wildman–Crippen MR) is 70.0 cm³/mol. The van der Waals surface area contributed by atoms with Gasteiger partial charge in [0.15, 0.2) is 0 Å². The quantitative estimate of drug-likeness (QED) is 0.408. The van der Waals surface area contributed by atoms with Crippen LogP contribution in [0.25, 0.3) is 0 Å². The summed E-state index contributed by atoms with van der Waals surface area (Å²) in [6.45, 7) is 0. The summed E-state index contributed by atoms with van der Waals surface area (Å²) in [5, 5.41) is 0. The Morgan fingerprint density at radius 2 is 1.39 bits per heavy atom. The summed E-state index contributed by atoms with van der Waals surface area (Å²) in [6.07, 6.45) is 6.07. The van der Waals surface area contributed by atoms with Gasteiger partial charge in [-0.25, -0.2) is 0 Å². The van der Waals surface area contributed by atoms with Crippen molar-refractivity contribution in [1.82, 2.24) is 0 Å². The third kappa shape index (κ3) is 5.06. The predicted octanol–water partition coefficient (Wildman–Crippen LogP) is 0.550.